The third-order valence-corrected chi connectivity index (χ3v) is 4.94. The Morgan fingerprint density at radius 2 is 1.84 bits per heavy atom. The second-order valence-corrected chi connectivity index (χ2v) is 6.46. The van der Waals surface area contributed by atoms with Crippen molar-refractivity contribution in [3.63, 3.8) is 0 Å². The summed E-state index contributed by atoms with van der Waals surface area (Å²) in [5, 5.41) is 4.39. The quantitative estimate of drug-likeness (QED) is 0.844. The number of aryl methyl sites for hydroxylation is 2. The van der Waals surface area contributed by atoms with E-state index in [2.05, 4.69) is 5.10 Å². The molecule has 0 spiro atoms. The minimum atomic E-state index is -0.0394. The molecule has 0 radical (unpaired) electrons. The van der Waals surface area contributed by atoms with Crippen LogP contribution in [0.3, 0.4) is 0 Å². The summed E-state index contributed by atoms with van der Waals surface area (Å²) in [5.41, 5.74) is 3.82. The summed E-state index contributed by atoms with van der Waals surface area (Å²) in [7, 11) is 1.92. The number of rotatable bonds is 4. The number of piperazine rings is 1. The Kier molecular flexibility index (Phi) is 4.92. The molecular formula is C18H24N4O3. The lowest BCUT2D eigenvalue weighted by Crippen LogP contribution is -2.50. The fourth-order valence-electron chi connectivity index (χ4n) is 3.30. The topological polar surface area (TPSA) is 71.6 Å². The van der Waals surface area contributed by atoms with Gasteiger partial charge in [-0.1, -0.05) is 0 Å². The van der Waals surface area contributed by atoms with Crippen molar-refractivity contribution >= 4 is 11.8 Å². The fourth-order valence-corrected chi connectivity index (χ4v) is 3.30. The molecule has 2 amide bonds. The van der Waals surface area contributed by atoms with Crippen molar-refractivity contribution < 1.29 is 14.0 Å². The molecule has 3 rings (SSSR count). The lowest BCUT2D eigenvalue weighted by atomic mass is 10.1. The predicted octanol–water partition coefficient (Wildman–Crippen LogP) is 1.55. The van der Waals surface area contributed by atoms with Crippen molar-refractivity contribution in [1.29, 1.82) is 0 Å². The van der Waals surface area contributed by atoms with Crippen LogP contribution in [0.5, 0.6) is 0 Å². The normalized spacial score (nSPS) is 14.8. The molecule has 0 aromatic carbocycles. The highest BCUT2D eigenvalue weighted by Crippen LogP contribution is 2.16. The lowest BCUT2D eigenvalue weighted by Gasteiger charge is -2.34. The second kappa shape index (κ2) is 7.13. The van der Waals surface area contributed by atoms with E-state index in [1.54, 1.807) is 11.0 Å². The number of furan rings is 1. The zero-order valence-electron chi connectivity index (χ0n) is 15.0. The molecule has 0 unspecified atom stereocenters. The Hall–Kier alpha value is -2.57. The van der Waals surface area contributed by atoms with E-state index in [0.717, 1.165) is 17.0 Å². The van der Waals surface area contributed by atoms with Crippen molar-refractivity contribution in [2.45, 2.75) is 26.7 Å². The Balaban J connectivity index is 1.51. The van der Waals surface area contributed by atoms with Crippen LogP contribution in [0.2, 0.25) is 0 Å². The van der Waals surface area contributed by atoms with E-state index in [4.69, 9.17) is 4.42 Å². The van der Waals surface area contributed by atoms with Crippen LogP contribution >= 0.6 is 0 Å². The maximum absolute atomic E-state index is 12.5. The molecule has 0 atom stereocenters. The molecule has 0 bridgehead atoms. The van der Waals surface area contributed by atoms with Gasteiger partial charge in [0.1, 0.15) is 6.26 Å². The number of carbonyl (C=O) groups excluding carboxylic acids is 2. The van der Waals surface area contributed by atoms with E-state index in [1.165, 1.54) is 12.5 Å². The average molecular weight is 344 g/mol. The van der Waals surface area contributed by atoms with Crippen LogP contribution in [0.25, 0.3) is 0 Å². The van der Waals surface area contributed by atoms with Gasteiger partial charge in [-0.05, 0) is 31.9 Å². The molecule has 1 aliphatic rings. The Morgan fingerprint density at radius 3 is 2.40 bits per heavy atom. The van der Waals surface area contributed by atoms with Crippen LogP contribution in [-0.2, 0) is 18.3 Å². The van der Waals surface area contributed by atoms with Gasteiger partial charge in [-0.2, -0.15) is 5.10 Å². The first-order valence-electron chi connectivity index (χ1n) is 8.55. The van der Waals surface area contributed by atoms with Gasteiger partial charge in [0, 0.05) is 45.3 Å². The van der Waals surface area contributed by atoms with Crippen molar-refractivity contribution in [3.8, 4) is 0 Å². The molecule has 0 saturated carbocycles. The predicted molar refractivity (Wildman–Crippen MR) is 92.2 cm³/mol. The first kappa shape index (κ1) is 17.3. The second-order valence-electron chi connectivity index (χ2n) is 6.46. The maximum atomic E-state index is 12.5. The molecule has 1 fully saturated rings. The molecule has 7 nitrogen and oxygen atoms in total. The molecule has 7 heteroatoms. The Bertz CT molecular complexity index is 756. The van der Waals surface area contributed by atoms with Gasteiger partial charge in [0.15, 0.2) is 0 Å². The van der Waals surface area contributed by atoms with Gasteiger partial charge < -0.3 is 14.2 Å². The van der Waals surface area contributed by atoms with E-state index in [0.29, 0.717) is 44.6 Å². The number of amides is 2. The van der Waals surface area contributed by atoms with Gasteiger partial charge in [0.05, 0.1) is 17.5 Å². The van der Waals surface area contributed by atoms with E-state index in [-0.39, 0.29) is 11.8 Å². The standard InChI is InChI=1S/C18H24N4O3/c1-13-16(14(2)20(3)19-13)4-5-17(23)21-7-9-22(10-8-21)18(24)15-6-11-25-12-15/h6,11-12H,4-5,7-10H2,1-3H3. The summed E-state index contributed by atoms with van der Waals surface area (Å²) in [6, 6.07) is 1.67. The van der Waals surface area contributed by atoms with Crippen molar-refractivity contribution in [1.82, 2.24) is 19.6 Å². The summed E-state index contributed by atoms with van der Waals surface area (Å²) in [4.78, 5) is 28.4. The number of hydrogen-bond acceptors (Lipinski definition) is 4. The molecule has 1 aliphatic heterocycles. The molecule has 134 valence electrons. The molecule has 0 aliphatic carbocycles. The molecule has 3 heterocycles. The highest BCUT2D eigenvalue weighted by Gasteiger charge is 2.25. The number of hydrogen-bond donors (Lipinski definition) is 0. The monoisotopic (exact) mass is 344 g/mol. The van der Waals surface area contributed by atoms with Crippen molar-refractivity contribution in [3.05, 3.63) is 41.1 Å². The summed E-state index contributed by atoms with van der Waals surface area (Å²) in [6.45, 7) is 6.27. The summed E-state index contributed by atoms with van der Waals surface area (Å²) in [6.07, 6.45) is 4.13. The van der Waals surface area contributed by atoms with Crippen LogP contribution in [0.4, 0.5) is 0 Å². The van der Waals surface area contributed by atoms with Crippen molar-refractivity contribution in [2.24, 2.45) is 7.05 Å². The fraction of sp³-hybridized carbons (Fsp3) is 0.500. The van der Waals surface area contributed by atoms with Crippen molar-refractivity contribution in [2.75, 3.05) is 26.2 Å². The van der Waals surface area contributed by atoms with Crippen LogP contribution in [0.15, 0.2) is 23.0 Å². The first-order chi connectivity index (χ1) is 12.0. The lowest BCUT2D eigenvalue weighted by molar-refractivity contribution is -0.132. The van der Waals surface area contributed by atoms with Gasteiger partial charge in [-0.25, -0.2) is 0 Å². The minimum Gasteiger partial charge on any atom is -0.472 e. The zero-order valence-corrected chi connectivity index (χ0v) is 15.0. The SMILES string of the molecule is Cc1nn(C)c(C)c1CCC(=O)N1CCN(C(=O)c2ccoc2)CC1. The largest absolute Gasteiger partial charge is 0.472 e. The smallest absolute Gasteiger partial charge is 0.257 e. The average Bonchev–Trinajstić information content (AvgIpc) is 3.22. The maximum Gasteiger partial charge on any atom is 0.257 e. The van der Waals surface area contributed by atoms with Gasteiger partial charge in [-0.3, -0.25) is 14.3 Å². The van der Waals surface area contributed by atoms with E-state index in [9.17, 15) is 9.59 Å². The van der Waals surface area contributed by atoms with Crippen LogP contribution < -0.4 is 0 Å². The number of carbonyl (C=O) groups is 2. The highest BCUT2D eigenvalue weighted by molar-refractivity contribution is 5.94. The first-order valence-corrected chi connectivity index (χ1v) is 8.55. The van der Waals surface area contributed by atoms with Gasteiger partial charge >= 0.3 is 0 Å². The Labute approximate surface area is 147 Å². The third-order valence-electron chi connectivity index (χ3n) is 4.94. The molecule has 1 saturated heterocycles. The minimum absolute atomic E-state index is 0.0394. The summed E-state index contributed by atoms with van der Waals surface area (Å²) >= 11 is 0. The molecular weight excluding hydrogens is 320 g/mol. The summed E-state index contributed by atoms with van der Waals surface area (Å²) < 4.78 is 6.82. The van der Waals surface area contributed by atoms with Crippen LogP contribution in [0.1, 0.15) is 33.7 Å². The zero-order chi connectivity index (χ0) is 18.0. The van der Waals surface area contributed by atoms with Crippen LogP contribution in [0, 0.1) is 13.8 Å². The third kappa shape index (κ3) is 3.60. The van der Waals surface area contributed by atoms with Crippen LogP contribution in [-0.4, -0.2) is 57.6 Å². The summed E-state index contributed by atoms with van der Waals surface area (Å²) in [5.74, 6) is 0.0977. The molecule has 2 aromatic rings. The molecule has 0 N–H and O–H groups in total. The molecule has 2 aromatic heterocycles. The molecule has 25 heavy (non-hydrogen) atoms. The van der Waals surface area contributed by atoms with Gasteiger partial charge in [0.2, 0.25) is 5.91 Å². The van der Waals surface area contributed by atoms with E-state index >= 15 is 0 Å². The number of aromatic nitrogens is 2. The highest BCUT2D eigenvalue weighted by atomic mass is 16.3. The van der Waals surface area contributed by atoms with Gasteiger partial charge in [0.25, 0.3) is 5.91 Å². The number of nitrogens with zero attached hydrogens (tertiary/aromatic N) is 4. The van der Waals surface area contributed by atoms with E-state index < -0.39 is 0 Å². The van der Waals surface area contributed by atoms with Gasteiger partial charge in [-0.15, -0.1) is 0 Å². The Morgan fingerprint density at radius 1 is 1.16 bits per heavy atom. The van der Waals surface area contributed by atoms with E-state index in [1.807, 2.05) is 30.5 Å².